The molecule has 5 rings (SSSR count). The number of carbonyl (C=O) groups is 1. The number of alkyl halides is 3. The molecule has 3 aromatic heterocycles. The number of carbonyl (C=O) groups excluding carboxylic acids is 1. The van der Waals surface area contributed by atoms with Crippen molar-refractivity contribution >= 4 is 33.8 Å². The van der Waals surface area contributed by atoms with Crippen molar-refractivity contribution in [3.63, 3.8) is 0 Å². The first-order valence-electron chi connectivity index (χ1n) is 11.4. The van der Waals surface area contributed by atoms with Crippen molar-refractivity contribution < 1.29 is 18.0 Å². The monoisotopic (exact) mass is 534 g/mol. The summed E-state index contributed by atoms with van der Waals surface area (Å²) in [4.78, 5) is 25.7. The van der Waals surface area contributed by atoms with Crippen molar-refractivity contribution in [3.05, 3.63) is 101 Å². The molecular weight excluding hydrogens is 513 g/mol. The molecule has 2 aromatic carbocycles. The van der Waals surface area contributed by atoms with Crippen LogP contribution in [0.1, 0.15) is 27.2 Å². The molecule has 0 saturated heterocycles. The van der Waals surface area contributed by atoms with Crippen LogP contribution in [0.4, 0.5) is 29.7 Å². The number of rotatable bonds is 6. The molecule has 1 amide bonds. The van der Waals surface area contributed by atoms with E-state index in [0.29, 0.717) is 16.4 Å². The number of anilines is 3. The summed E-state index contributed by atoms with van der Waals surface area (Å²) in [6.45, 7) is 3.57. The Morgan fingerprint density at radius 1 is 1.08 bits per heavy atom. The van der Waals surface area contributed by atoms with Gasteiger partial charge in [0.2, 0.25) is 0 Å². The lowest BCUT2D eigenvalue weighted by molar-refractivity contribution is -0.137. The number of thiazole rings is 1. The van der Waals surface area contributed by atoms with E-state index >= 15 is 0 Å². The first kappa shape index (κ1) is 25.2. The first-order valence-corrected chi connectivity index (χ1v) is 12.3. The maximum absolute atomic E-state index is 13.6. The normalized spacial score (nSPS) is 11.4. The number of hydrogen-bond acceptors (Lipinski definition) is 6. The van der Waals surface area contributed by atoms with Crippen LogP contribution in [0, 0.1) is 13.8 Å². The fraction of sp³-hybridized carbons (Fsp3) is 0.111. The van der Waals surface area contributed by atoms with E-state index in [-0.39, 0.29) is 11.4 Å². The summed E-state index contributed by atoms with van der Waals surface area (Å²) in [6.07, 6.45) is 1.89. The number of pyridine rings is 1. The standard InChI is InChI=1S/C27H21F3N6OS/c1-16-8-18(5-6-23(16)34-26-35-24(14-38-26)19-4-3-7-31-12-19)25(37)33-21-9-20(27(28,29)30)10-22(11-21)36-13-17(2)32-15-36/h3-15H,1-2H3,(H,33,37)(H,34,35). The molecule has 7 nitrogen and oxygen atoms in total. The van der Waals surface area contributed by atoms with Crippen molar-refractivity contribution in [2.75, 3.05) is 10.6 Å². The minimum atomic E-state index is -4.58. The highest BCUT2D eigenvalue weighted by Crippen LogP contribution is 2.33. The van der Waals surface area contributed by atoms with Crippen molar-refractivity contribution in [2.24, 2.45) is 0 Å². The zero-order valence-corrected chi connectivity index (χ0v) is 21.1. The minimum Gasteiger partial charge on any atom is -0.331 e. The van der Waals surface area contributed by atoms with Crippen molar-refractivity contribution in [1.82, 2.24) is 19.5 Å². The van der Waals surface area contributed by atoms with Gasteiger partial charge in [-0.15, -0.1) is 11.3 Å². The summed E-state index contributed by atoms with van der Waals surface area (Å²) in [5, 5.41) is 8.45. The van der Waals surface area contributed by atoms with Gasteiger partial charge in [-0.1, -0.05) is 0 Å². The molecule has 0 aliphatic carbocycles. The van der Waals surface area contributed by atoms with Crippen LogP contribution in [-0.2, 0) is 6.18 Å². The number of halogens is 3. The molecule has 0 atom stereocenters. The predicted octanol–water partition coefficient (Wildman–Crippen LogP) is 7.02. The summed E-state index contributed by atoms with van der Waals surface area (Å²) in [6, 6.07) is 12.2. The Hall–Kier alpha value is -4.51. The van der Waals surface area contributed by atoms with E-state index in [1.165, 1.54) is 28.3 Å². The van der Waals surface area contributed by atoms with Gasteiger partial charge < -0.3 is 15.2 Å². The number of nitrogens with one attached hydrogen (secondary N) is 2. The summed E-state index contributed by atoms with van der Waals surface area (Å²) in [5.41, 5.74) is 3.58. The Morgan fingerprint density at radius 2 is 1.92 bits per heavy atom. The number of hydrogen-bond donors (Lipinski definition) is 2. The summed E-state index contributed by atoms with van der Waals surface area (Å²) in [5.74, 6) is -0.528. The largest absolute Gasteiger partial charge is 0.416 e. The van der Waals surface area contributed by atoms with Gasteiger partial charge in [-0.3, -0.25) is 9.78 Å². The van der Waals surface area contributed by atoms with E-state index < -0.39 is 17.6 Å². The first-order chi connectivity index (χ1) is 18.2. The van der Waals surface area contributed by atoms with Gasteiger partial charge in [0.1, 0.15) is 0 Å². The van der Waals surface area contributed by atoms with Gasteiger partial charge in [0, 0.05) is 52.2 Å². The molecule has 2 N–H and O–H groups in total. The highest BCUT2D eigenvalue weighted by molar-refractivity contribution is 7.14. The second kappa shape index (κ2) is 10.1. The smallest absolute Gasteiger partial charge is 0.331 e. The third kappa shape index (κ3) is 5.57. The quantitative estimate of drug-likeness (QED) is 0.245. The Bertz CT molecular complexity index is 1610. The summed E-state index contributed by atoms with van der Waals surface area (Å²) in [7, 11) is 0. The fourth-order valence-electron chi connectivity index (χ4n) is 3.80. The van der Waals surface area contributed by atoms with Gasteiger partial charge in [0.05, 0.1) is 23.3 Å². The Kier molecular flexibility index (Phi) is 6.68. The zero-order valence-electron chi connectivity index (χ0n) is 20.2. The van der Waals surface area contributed by atoms with Crippen LogP contribution in [0.3, 0.4) is 0 Å². The van der Waals surface area contributed by atoms with Gasteiger partial charge in [0.15, 0.2) is 5.13 Å². The van der Waals surface area contributed by atoms with Gasteiger partial charge in [-0.05, 0) is 67.9 Å². The van der Waals surface area contributed by atoms with Crippen molar-refractivity contribution in [1.29, 1.82) is 0 Å². The fourth-order valence-corrected chi connectivity index (χ4v) is 4.53. The predicted molar refractivity (Wildman–Crippen MR) is 141 cm³/mol. The van der Waals surface area contributed by atoms with Crippen LogP contribution in [0.15, 0.2) is 78.8 Å². The maximum atomic E-state index is 13.6. The lowest BCUT2D eigenvalue weighted by atomic mass is 10.1. The van der Waals surface area contributed by atoms with Crippen molar-refractivity contribution in [3.8, 4) is 16.9 Å². The average molecular weight is 535 g/mol. The van der Waals surface area contributed by atoms with Crippen LogP contribution in [0.25, 0.3) is 16.9 Å². The molecule has 0 aliphatic heterocycles. The third-order valence-electron chi connectivity index (χ3n) is 5.70. The van der Waals surface area contributed by atoms with E-state index in [1.54, 1.807) is 43.7 Å². The summed E-state index contributed by atoms with van der Waals surface area (Å²) >= 11 is 1.44. The van der Waals surface area contributed by atoms with Crippen LogP contribution in [-0.4, -0.2) is 25.4 Å². The lowest BCUT2D eigenvalue weighted by Crippen LogP contribution is -2.14. The topological polar surface area (TPSA) is 84.7 Å². The van der Waals surface area contributed by atoms with Gasteiger partial charge >= 0.3 is 6.18 Å². The van der Waals surface area contributed by atoms with Crippen molar-refractivity contribution in [2.45, 2.75) is 20.0 Å². The molecule has 0 spiro atoms. The van der Waals surface area contributed by atoms with E-state index in [9.17, 15) is 18.0 Å². The lowest BCUT2D eigenvalue weighted by Gasteiger charge is -2.14. The molecule has 38 heavy (non-hydrogen) atoms. The number of amides is 1. The van der Waals surface area contributed by atoms with Crippen LogP contribution < -0.4 is 10.6 Å². The number of nitrogens with zero attached hydrogens (tertiary/aromatic N) is 4. The van der Waals surface area contributed by atoms with Crippen LogP contribution in [0.5, 0.6) is 0 Å². The van der Waals surface area contributed by atoms with E-state index in [4.69, 9.17) is 0 Å². The summed E-state index contributed by atoms with van der Waals surface area (Å²) < 4.78 is 42.1. The molecule has 0 bridgehead atoms. The van der Waals surface area contributed by atoms with Gasteiger partial charge in [0.25, 0.3) is 5.91 Å². The van der Waals surface area contributed by atoms with Gasteiger partial charge in [-0.25, -0.2) is 9.97 Å². The molecule has 0 radical (unpaired) electrons. The van der Waals surface area contributed by atoms with Crippen LogP contribution in [0.2, 0.25) is 0 Å². The SMILES string of the molecule is Cc1cn(-c2cc(NC(=O)c3ccc(Nc4nc(-c5cccnc5)cs4)c(C)c3)cc(C(F)(F)F)c2)cn1. The molecule has 11 heteroatoms. The number of aryl methyl sites for hydroxylation is 2. The maximum Gasteiger partial charge on any atom is 0.416 e. The van der Waals surface area contributed by atoms with Gasteiger partial charge in [-0.2, -0.15) is 13.2 Å². The highest BCUT2D eigenvalue weighted by Gasteiger charge is 2.31. The molecular formula is C27H21F3N6OS. The number of imidazole rings is 1. The molecule has 0 aliphatic rings. The van der Waals surface area contributed by atoms with Crippen LogP contribution >= 0.6 is 11.3 Å². The number of aromatic nitrogens is 4. The molecule has 192 valence electrons. The second-order valence-electron chi connectivity index (χ2n) is 8.58. The molecule has 0 fully saturated rings. The molecule has 0 unspecified atom stereocenters. The Balaban J connectivity index is 1.35. The molecule has 3 heterocycles. The second-order valence-corrected chi connectivity index (χ2v) is 9.44. The minimum absolute atomic E-state index is 0.0248. The zero-order chi connectivity index (χ0) is 26.9. The number of benzene rings is 2. The Labute approximate surface area is 220 Å². The highest BCUT2D eigenvalue weighted by atomic mass is 32.1. The third-order valence-corrected chi connectivity index (χ3v) is 6.46. The van der Waals surface area contributed by atoms with E-state index in [2.05, 4.69) is 25.6 Å². The molecule has 0 saturated carbocycles. The average Bonchev–Trinajstić information content (AvgIpc) is 3.54. The Morgan fingerprint density at radius 3 is 2.61 bits per heavy atom. The molecule has 5 aromatic rings. The van der Waals surface area contributed by atoms with E-state index in [0.717, 1.165) is 34.6 Å². The van der Waals surface area contributed by atoms with E-state index in [1.807, 2.05) is 24.4 Å².